The maximum atomic E-state index is 13.8. The van der Waals surface area contributed by atoms with Gasteiger partial charge in [0.25, 0.3) is 11.5 Å². The van der Waals surface area contributed by atoms with Crippen LogP contribution in [0, 0.1) is 12.7 Å². The number of benzene rings is 2. The summed E-state index contributed by atoms with van der Waals surface area (Å²) in [6.07, 6.45) is 0. The van der Waals surface area contributed by atoms with Gasteiger partial charge in [0.2, 0.25) is 0 Å². The lowest BCUT2D eigenvalue weighted by molar-refractivity contribution is 0.102. The van der Waals surface area contributed by atoms with Crippen LogP contribution in [0.15, 0.2) is 53.3 Å². The Kier molecular flexibility index (Phi) is 3.47. The number of pyridine rings is 1. The third-order valence-electron chi connectivity index (χ3n) is 3.37. The second-order valence-electron chi connectivity index (χ2n) is 5.04. The Morgan fingerprint density at radius 2 is 1.91 bits per heavy atom. The first-order chi connectivity index (χ1) is 10.5. The molecular formula is C17H13FN2O2. The summed E-state index contributed by atoms with van der Waals surface area (Å²) < 4.78 is 13.8. The molecule has 110 valence electrons. The highest BCUT2D eigenvalue weighted by Crippen LogP contribution is 2.17. The molecule has 0 saturated heterocycles. The number of aromatic amines is 1. The number of anilines is 1. The van der Waals surface area contributed by atoms with E-state index in [0.717, 1.165) is 5.56 Å². The molecule has 22 heavy (non-hydrogen) atoms. The fourth-order valence-electron chi connectivity index (χ4n) is 2.24. The van der Waals surface area contributed by atoms with Gasteiger partial charge in [0, 0.05) is 5.39 Å². The van der Waals surface area contributed by atoms with Gasteiger partial charge < -0.3 is 10.3 Å². The molecule has 0 aliphatic heterocycles. The number of aromatic nitrogens is 1. The highest BCUT2D eigenvalue weighted by atomic mass is 19.1. The number of fused-ring (bicyclic) bond motifs is 1. The van der Waals surface area contributed by atoms with E-state index in [-0.39, 0.29) is 16.9 Å². The molecule has 0 fully saturated rings. The van der Waals surface area contributed by atoms with Crippen molar-refractivity contribution < 1.29 is 9.18 Å². The third-order valence-corrected chi connectivity index (χ3v) is 3.37. The zero-order valence-corrected chi connectivity index (χ0v) is 11.8. The minimum Gasteiger partial charge on any atom is -0.318 e. The van der Waals surface area contributed by atoms with Crippen LogP contribution in [0.5, 0.6) is 0 Å². The van der Waals surface area contributed by atoms with Crippen LogP contribution >= 0.6 is 0 Å². The SMILES string of the molecule is Cc1ccc(NC(=O)c2cc3ccccc3c(=O)[nH]2)c(F)c1. The fraction of sp³-hybridized carbons (Fsp3) is 0.0588. The van der Waals surface area contributed by atoms with E-state index in [2.05, 4.69) is 10.3 Å². The van der Waals surface area contributed by atoms with E-state index >= 15 is 0 Å². The van der Waals surface area contributed by atoms with Crippen molar-refractivity contribution in [2.24, 2.45) is 0 Å². The number of halogens is 1. The smallest absolute Gasteiger partial charge is 0.272 e. The Balaban J connectivity index is 1.97. The van der Waals surface area contributed by atoms with Crippen molar-refractivity contribution in [2.75, 3.05) is 5.32 Å². The summed E-state index contributed by atoms with van der Waals surface area (Å²) in [5.41, 5.74) is 0.565. The molecule has 0 saturated carbocycles. The van der Waals surface area contributed by atoms with Crippen LogP contribution < -0.4 is 10.9 Å². The summed E-state index contributed by atoms with van der Waals surface area (Å²) in [4.78, 5) is 26.7. The monoisotopic (exact) mass is 296 g/mol. The molecule has 0 unspecified atom stereocenters. The van der Waals surface area contributed by atoms with Gasteiger partial charge in [-0.2, -0.15) is 0 Å². The van der Waals surface area contributed by atoms with Gasteiger partial charge in [-0.05, 0) is 42.1 Å². The van der Waals surface area contributed by atoms with Crippen molar-refractivity contribution in [2.45, 2.75) is 6.92 Å². The van der Waals surface area contributed by atoms with Crippen LogP contribution in [0.1, 0.15) is 16.1 Å². The van der Waals surface area contributed by atoms with E-state index in [1.54, 1.807) is 43.3 Å². The van der Waals surface area contributed by atoms with E-state index in [9.17, 15) is 14.0 Å². The Morgan fingerprint density at radius 3 is 2.68 bits per heavy atom. The molecule has 4 nitrogen and oxygen atoms in total. The summed E-state index contributed by atoms with van der Waals surface area (Å²) in [6.45, 7) is 1.76. The number of amides is 1. The highest BCUT2D eigenvalue weighted by Gasteiger charge is 2.12. The Bertz CT molecular complexity index is 931. The predicted molar refractivity (Wildman–Crippen MR) is 83.7 cm³/mol. The van der Waals surface area contributed by atoms with Gasteiger partial charge in [-0.25, -0.2) is 4.39 Å². The van der Waals surface area contributed by atoms with Gasteiger partial charge in [-0.1, -0.05) is 24.3 Å². The zero-order valence-electron chi connectivity index (χ0n) is 11.8. The van der Waals surface area contributed by atoms with Gasteiger partial charge in [-0.15, -0.1) is 0 Å². The summed E-state index contributed by atoms with van der Waals surface area (Å²) in [7, 11) is 0. The fourth-order valence-corrected chi connectivity index (χ4v) is 2.24. The first-order valence-electron chi connectivity index (χ1n) is 6.74. The van der Waals surface area contributed by atoms with Crippen molar-refractivity contribution in [1.82, 2.24) is 4.98 Å². The van der Waals surface area contributed by atoms with Crippen LogP contribution in [0.4, 0.5) is 10.1 Å². The molecule has 2 N–H and O–H groups in total. The lowest BCUT2D eigenvalue weighted by Gasteiger charge is -2.07. The van der Waals surface area contributed by atoms with E-state index in [0.29, 0.717) is 10.8 Å². The van der Waals surface area contributed by atoms with Crippen LogP contribution in [-0.4, -0.2) is 10.9 Å². The highest BCUT2D eigenvalue weighted by molar-refractivity contribution is 6.04. The van der Waals surface area contributed by atoms with E-state index < -0.39 is 11.7 Å². The van der Waals surface area contributed by atoms with Gasteiger partial charge in [0.05, 0.1) is 5.69 Å². The topological polar surface area (TPSA) is 62.0 Å². The lowest BCUT2D eigenvalue weighted by Crippen LogP contribution is -2.19. The number of carbonyl (C=O) groups excluding carboxylic acids is 1. The molecule has 2 aromatic carbocycles. The molecular weight excluding hydrogens is 283 g/mol. The molecule has 0 spiro atoms. The largest absolute Gasteiger partial charge is 0.318 e. The number of hydrogen-bond donors (Lipinski definition) is 2. The summed E-state index contributed by atoms with van der Waals surface area (Å²) in [5, 5.41) is 3.62. The first kappa shape index (κ1) is 14.0. The normalized spacial score (nSPS) is 10.6. The average molecular weight is 296 g/mol. The Morgan fingerprint density at radius 1 is 1.14 bits per heavy atom. The van der Waals surface area contributed by atoms with Gasteiger partial charge >= 0.3 is 0 Å². The molecule has 0 atom stereocenters. The van der Waals surface area contributed by atoms with E-state index in [1.807, 2.05) is 0 Å². The van der Waals surface area contributed by atoms with Crippen molar-refractivity contribution >= 4 is 22.4 Å². The van der Waals surface area contributed by atoms with E-state index in [1.165, 1.54) is 12.1 Å². The minimum absolute atomic E-state index is 0.0737. The third kappa shape index (κ3) is 2.61. The number of hydrogen-bond acceptors (Lipinski definition) is 2. The van der Waals surface area contributed by atoms with Gasteiger partial charge in [-0.3, -0.25) is 9.59 Å². The Labute approximate surface area is 125 Å². The minimum atomic E-state index is -0.564. The second-order valence-corrected chi connectivity index (χ2v) is 5.04. The number of aryl methyl sites for hydroxylation is 1. The lowest BCUT2D eigenvalue weighted by atomic mass is 10.1. The quantitative estimate of drug-likeness (QED) is 0.762. The van der Waals surface area contributed by atoms with Gasteiger partial charge in [0.1, 0.15) is 11.5 Å². The number of nitrogens with one attached hydrogen (secondary N) is 2. The number of H-pyrrole nitrogens is 1. The summed E-state index contributed by atoms with van der Waals surface area (Å²) in [5.74, 6) is -1.08. The van der Waals surface area contributed by atoms with Crippen LogP contribution in [-0.2, 0) is 0 Å². The number of rotatable bonds is 2. The maximum Gasteiger partial charge on any atom is 0.272 e. The standard InChI is InChI=1S/C17H13FN2O2/c1-10-6-7-14(13(18)8-10)19-17(22)15-9-11-4-2-3-5-12(11)16(21)20-15/h2-9H,1H3,(H,19,22)(H,20,21). The molecule has 0 aliphatic carbocycles. The molecule has 3 rings (SSSR count). The molecule has 3 aromatic rings. The van der Waals surface area contributed by atoms with Crippen LogP contribution in [0.2, 0.25) is 0 Å². The molecule has 5 heteroatoms. The van der Waals surface area contributed by atoms with Crippen LogP contribution in [0.3, 0.4) is 0 Å². The predicted octanol–water partition coefficient (Wildman–Crippen LogP) is 3.23. The van der Waals surface area contributed by atoms with Gasteiger partial charge in [0.15, 0.2) is 0 Å². The van der Waals surface area contributed by atoms with Crippen molar-refractivity contribution in [3.63, 3.8) is 0 Å². The summed E-state index contributed by atoms with van der Waals surface area (Å²) >= 11 is 0. The second kappa shape index (κ2) is 5.44. The number of carbonyl (C=O) groups is 1. The molecule has 1 heterocycles. The molecule has 0 radical (unpaired) electrons. The average Bonchev–Trinajstić information content (AvgIpc) is 2.50. The molecule has 0 aliphatic rings. The molecule has 1 aromatic heterocycles. The first-order valence-corrected chi connectivity index (χ1v) is 6.74. The Hall–Kier alpha value is -2.95. The van der Waals surface area contributed by atoms with Crippen molar-refractivity contribution in [3.8, 4) is 0 Å². The molecule has 0 bridgehead atoms. The van der Waals surface area contributed by atoms with E-state index in [4.69, 9.17) is 0 Å². The van der Waals surface area contributed by atoms with Crippen LogP contribution in [0.25, 0.3) is 10.8 Å². The molecule has 1 amide bonds. The maximum absolute atomic E-state index is 13.8. The van der Waals surface area contributed by atoms with Crippen molar-refractivity contribution in [3.05, 3.63) is 76.0 Å². The summed E-state index contributed by atoms with van der Waals surface area (Å²) in [6, 6.07) is 13.0. The zero-order chi connectivity index (χ0) is 15.7. The van der Waals surface area contributed by atoms with Crippen molar-refractivity contribution in [1.29, 1.82) is 0 Å².